The summed E-state index contributed by atoms with van der Waals surface area (Å²) in [7, 11) is 0. The molecule has 0 atom stereocenters. The maximum absolute atomic E-state index is 5.73. The summed E-state index contributed by atoms with van der Waals surface area (Å²) >= 11 is 1.87. The molecule has 1 aromatic heterocycles. The van der Waals surface area contributed by atoms with Crippen molar-refractivity contribution in [3.63, 3.8) is 0 Å². The number of aromatic nitrogens is 1. The Morgan fingerprint density at radius 1 is 1.19 bits per heavy atom. The standard InChI is InChI=1S/C23H35N5OS.HI/c1-4-24-23(25-12-15-30-21-8-6-5-7-9-21)26-16-20-10-13-28(14-11-20)17-22-27-18(2)19(3)29-22;/h5-9,20H,4,10-17H2,1-3H3,(H2,24,25,26);1H. The average Bonchev–Trinajstić information content (AvgIpc) is 3.07. The number of guanidine groups is 1. The van der Waals surface area contributed by atoms with Crippen LogP contribution in [0.2, 0.25) is 0 Å². The lowest BCUT2D eigenvalue weighted by Crippen LogP contribution is -2.39. The van der Waals surface area contributed by atoms with Crippen molar-refractivity contribution in [2.75, 3.05) is 38.5 Å². The molecule has 0 aliphatic carbocycles. The molecule has 0 radical (unpaired) electrons. The summed E-state index contributed by atoms with van der Waals surface area (Å²) in [6.07, 6.45) is 2.34. The van der Waals surface area contributed by atoms with E-state index >= 15 is 0 Å². The number of nitrogens with one attached hydrogen (secondary N) is 2. The first-order chi connectivity index (χ1) is 14.6. The molecule has 31 heavy (non-hydrogen) atoms. The molecule has 0 unspecified atom stereocenters. The van der Waals surface area contributed by atoms with E-state index in [0.29, 0.717) is 5.92 Å². The molecule has 1 fully saturated rings. The molecular weight excluding hydrogens is 521 g/mol. The predicted molar refractivity (Wildman–Crippen MR) is 141 cm³/mol. The molecule has 0 bridgehead atoms. The minimum Gasteiger partial charge on any atom is -0.444 e. The number of aryl methyl sites for hydroxylation is 2. The number of thioether (sulfide) groups is 1. The molecule has 2 aromatic rings. The van der Waals surface area contributed by atoms with Crippen molar-refractivity contribution in [1.29, 1.82) is 0 Å². The fraction of sp³-hybridized carbons (Fsp3) is 0.565. The molecule has 0 amide bonds. The topological polar surface area (TPSA) is 65.7 Å². The van der Waals surface area contributed by atoms with Gasteiger partial charge in [-0.2, -0.15) is 0 Å². The number of likely N-dealkylation sites (tertiary alicyclic amines) is 1. The second kappa shape index (κ2) is 14.0. The van der Waals surface area contributed by atoms with Gasteiger partial charge >= 0.3 is 0 Å². The Hall–Kier alpha value is -1.26. The second-order valence-electron chi connectivity index (χ2n) is 7.78. The zero-order chi connectivity index (χ0) is 21.2. The third kappa shape index (κ3) is 9.02. The molecule has 3 rings (SSSR count). The maximum atomic E-state index is 5.73. The van der Waals surface area contributed by atoms with Crippen LogP contribution in [-0.4, -0.2) is 54.3 Å². The minimum absolute atomic E-state index is 0. The van der Waals surface area contributed by atoms with E-state index in [0.717, 1.165) is 68.3 Å². The quantitative estimate of drug-likeness (QED) is 0.156. The maximum Gasteiger partial charge on any atom is 0.208 e. The van der Waals surface area contributed by atoms with Crippen molar-refractivity contribution in [3.05, 3.63) is 47.7 Å². The number of hydrogen-bond acceptors (Lipinski definition) is 5. The Balaban J connectivity index is 0.00000341. The first-order valence-corrected chi connectivity index (χ1v) is 12.0. The highest BCUT2D eigenvalue weighted by Gasteiger charge is 2.20. The van der Waals surface area contributed by atoms with Crippen LogP contribution in [0.3, 0.4) is 0 Å². The van der Waals surface area contributed by atoms with E-state index in [1.807, 2.05) is 25.6 Å². The Morgan fingerprint density at radius 2 is 1.94 bits per heavy atom. The van der Waals surface area contributed by atoms with E-state index in [1.165, 1.54) is 17.7 Å². The highest BCUT2D eigenvalue weighted by atomic mass is 127. The van der Waals surface area contributed by atoms with Crippen molar-refractivity contribution in [1.82, 2.24) is 20.5 Å². The highest BCUT2D eigenvalue weighted by Crippen LogP contribution is 2.20. The summed E-state index contributed by atoms with van der Waals surface area (Å²) in [5.41, 5.74) is 1.000. The van der Waals surface area contributed by atoms with Gasteiger partial charge in [0.25, 0.3) is 0 Å². The van der Waals surface area contributed by atoms with E-state index in [9.17, 15) is 0 Å². The van der Waals surface area contributed by atoms with E-state index in [4.69, 9.17) is 9.41 Å². The summed E-state index contributed by atoms with van der Waals surface area (Å²) in [5.74, 6) is 4.36. The summed E-state index contributed by atoms with van der Waals surface area (Å²) < 4.78 is 5.73. The molecule has 1 aromatic carbocycles. The fourth-order valence-corrected chi connectivity index (χ4v) is 4.33. The van der Waals surface area contributed by atoms with Crippen LogP contribution in [0.15, 0.2) is 44.6 Å². The first kappa shape index (κ1) is 26.0. The molecule has 2 N–H and O–H groups in total. The van der Waals surface area contributed by atoms with Gasteiger partial charge in [0.15, 0.2) is 5.96 Å². The van der Waals surface area contributed by atoms with Gasteiger partial charge in [-0.25, -0.2) is 4.98 Å². The van der Waals surface area contributed by atoms with Crippen molar-refractivity contribution >= 4 is 41.7 Å². The van der Waals surface area contributed by atoms with Gasteiger partial charge in [-0.15, -0.1) is 35.7 Å². The van der Waals surface area contributed by atoms with E-state index in [-0.39, 0.29) is 24.0 Å². The average molecular weight is 558 g/mol. The van der Waals surface area contributed by atoms with E-state index < -0.39 is 0 Å². The third-order valence-electron chi connectivity index (χ3n) is 5.40. The predicted octanol–water partition coefficient (Wildman–Crippen LogP) is 4.47. The zero-order valence-electron chi connectivity index (χ0n) is 18.9. The van der Waals surface area contributed by atoms with Crippen LogP contribution in [0.4, 0.5) is 0 Å². The van der Waals surface area contributed by atoms with Gasteiger partial charge in [0.05, 0.1) is 12.2 Å². The fourth-order valence-electron chi connectivity index (χ4n) is 3.54. The lowest BCUT2D eigenvalue weighted by molar-refractivity contribution is 0.166. The van der Waals surface area contributed by atoms with Crippen LogP contribution in [0.1, 0.15) is 37.1 Å². The van der Waals surface area contributed by atoms with Crippen LogP contribution in [-0.2, 0) is 6.54 Å². The Bertz CT molecular complexity index is 771. The number of hydrogen-bond donors (Lipinski definition) is 2. The molecule has 6 nitrogen and oxygen atoms in total. The molecule has 1 aliphatic heterocycles. The van der Waals surface area contributed by atoms with Gasteiger partial charge in [0.2, 0.25) is 5.89 Å². The van der Waals surface area contributed by atoms with E-state index in [1.54, 1.807) is 0 Å². The number of nitrogens with zero attached hydrogens (tertiary/aromatic N) is 3. The number of halogens is 1. The van der Waals surface area contributed by atoms with Crippen molar-refractivity contribution in [2.45, 2.75) is 45.1 Å². The van der Waals surface area contributed by atoms with Gasteiger partial charge in [0, 0.05) is 30.3 Å². The lowest BCUT2D eigenvalue weighted by Gasteiger charge is -2.30. The second-order valence-corrected chi connectivity index (χ2v) is 8.94. The first-order valence-electron chi connectivity index (χ1n) is 11.0. The molecule has 8 heteroatoms. The largest absolute Gasteiger partial charge is 0.444 e. The summed E-state index contributed by atoms with van der Waals surface area (Å²) in [4.78, 5) is 13.1. The van der Waals surface area contributed by atoms with Crippen molar-refractivity contribution < 1.29 is 4.42 Å². The normalized spacial score (nSPS) is 15.5. The van der Waals surface area contributed by atoms with Gasteiger partial charge < -0.3 is 15.1 Å². The van der Waals surface area contributed by atoms with Crippen molar-refractivity contribution in [3.8, 4) is 0 Å². The molecule has 0 spiro atoms. The molecule has 172 valence electrons. The lowest BCUT2D eigenvalue weighted by atomic mass is 9.97. The van der Waals surface area contributed by atoms with Gasteiger partial charge in [-0.1, -0.05) is 18.2 Å². The summed E-state index contributed by atoms with van der Waals surface area (Å²) in [6, 6.07) is 10.5. The smallest absolute Gasteiger partial charge is 0.208 e. The number of oxazole rings is 1. The third-order valence-corrected chi connectivity index (χ3v) is 6.41. The van der Waals surface area contributed by atoms with Crippen molar-refractivity contribution in [2.24, 2.45) is 10.9 Å². The zero-order valence-corrected chi connectivity index (χ0v) is 22.0. The number of benzene rings is 1. The Kier molecular flexibility index (Phi) is 11.7. The van der Waals surface area contributed by atoms with Crippen LogP contribution in [0, 0.1) is 19.8 Å². The minimum atomic E-state index is 0. The molecular formula is C23H36IN5OS. The number of piperidine rings is 1. The van der Waals surface area contributed by atoms with Crippen LogP contribution in [0.25, 0.3) is 0 Å². The Morgan fingerprint density at radius 3 is 2.58 bits per heavy atom. The Labute approximate surface area is 208 Å². The van der Waals surface area contributed by atoms with Gasteiger partial charge in [-0.3, -0.25) is 9.89 Å². The SMILES string of the molecule is CCNC(=NCC1CCN(Cc2nc(C)c(C)o2)CC1)NCCSc1ccccc1.I. The monoisotopic (exact) mass is 557 g/mol. The van der Waals surface area contributed by atoms with Gasteiger partial charge in [-0.05, 0) is 64.8 Å². The number of aliphatic imine (C=N–C) groups is 1. The van der Waals surface area contributed by atoms with Crippen LogP contribution < -0.4 is 10.6 Å². The molecule has 0 saturated carbocycles. The van der Waals surface area contributed by atoms with E-state index in [2.05, 4.69) is 57.8 Å². The molecule has 1 saturated heterocycles. The van der Waals surface area contributed by atoms with Crippen LogP contribution in [0.5, 0.6) is 0 Å². The molecule has 2 heterocycles. The summed E-state index contributed by atoms with van der Waals surface area (Å²) in [6.45, 7) is 11.7. The summed E-state index contributed by atoms with van der Waals surface area (Å²) in [5, 5.41) is 6.83. The highest BCUT2D eigenvalue weighted by molar-refractivity contribution is 14.0. The van der Waals surface area contributed by atoms with Crippen LogP contribution >= 0.6 is 35.7 Å². The van der Waals surface area contributed by atoms with Gasteiger partial charge in [0.1, 0.15) is 5.76 Å². The molecule has 1 aliphatic rings. The number of rotatable bonds is 9.